The lowest BCUT2D eigenvalue weighted by molar-refractivity contribution is -0.132. The van der Waals surface area contributed by atoms with Gasteiger partial charge in [-0.05, 0) is 46.1 Å². The normalized spacial score (nSPS) is 26.0. The molecule has 1 aromatic rings. The Bertz CT molecular complexity index is 521. The second kappa shape index (κ2) is 6.41. The summed E-state index contributed by atoms with van der Waals surface area (Å²) in [4.78, 5) is 21.3. The molecule has 3 heterocycles. The fourth-order valence-corrected chi connectivity index (χ4v) is 3.97. The van der Waals surface area contributed by atoms with E-state index in [9.17, 15) is 4.79 Å². The van der Waals surface area contributed by atoms with Crippen LogP contribution in [0.5, 0.6) is 0 Å². The zero-order valence-electron chi connectivity index (χ0n) is 14.0. The van der Waals surface area contributed by atoms with Crippen molar-refractivity contribution in [2.45, 2.75) is 71.5 Å². The Labute approximate surface area is 132 Å². The summed E-state index contributed by atoms with van der Waals surface area (Å²) in [5, 5.41) is 0. The topological polar surface area (TPSA) is 49.6 Å². The molecule has 0 unspecified atom stereocenters. The van der Waals surface area contributed by atoms with E-state index in [0.717, 1.165) is 49.8 Å². The van der Waals surface area contributed by atoms with E-state index in [1.165, 1.54) is 12.8 Å². The number of aryl methyl sites for hydroxylation is 2. The van der Waals surface area contributed by atoms with Crippen LogP contribution in [0.3, 0.4) is 0 Å². The van der Waals surface area contributed by atoms with Crippen molar-refractivity contribution in [3.05, 3.63) is 17.3 Å². The van der Waals surface area contributed by atoms with Gasteiger partial charge >= 0.3 is 0 Å². The maximum Gasteiger partial charge on any atom is 0.222 e. The quantitative estimate of drug-likeness (QED) is 0.858. The summed E-state index contributed by atoms with van der Waals surface area (Å²) in [6.07, 6.45) is 5.26. The van der Waals surface area contributed by atoms with E-state index in [2.05, 4.69) is 14.8 Å². The summed E-state index contributed by atoms with van der Waals surface area (Å²) < 4.78 is 5.75. The van der Waals surface area contributed by atoms with Crippen molar-refractivity contribution in [1.82, 2.24) is 14.8 Å². The summed E-state index contributed by atoms with van der Waals surface area (Å²) in [5.74, 6) is 2.03. The van der Waals surface area contributed by atoms with Crippen molar-refractivity contribution in [1.29, 1.82) is 0 Å². The number of rotatable bonds is 4. The third-order valence-corrected chi connectivity index (χ3v) is 5.19. The Hall–Kier alpha value is -1.36. The van der Waals surface area contributed by atoms with Crippen LogP contribution >= 0.6 is 0 Å². The van der Waals surface area contributed by atoms with Gasteiger partial charge in [0.25, 0.3) is 0 Å². The molecule has 0 aliphatic carbocycles. The van der Waals surface area contributed by atoms with Gasteiger partial charge in [0.1, 0.15) is 5.76 Å². The molecule has 1 aromatic heterocycles. The van der Waals surface area contributed by atoms with Crippen LogP contribution in [0.4, 0.5) is 0 Å². The van der Waals surface area contributed by atoms with Gasteiger partial charge in [-0.3, -0.25) is 9.69 Å². The van der Waals surface area contributed by atoms with Crippen LogP contribution < -0.4 is 0 Å². The Morgan fingerprint density at radius 2 is 1.95 bits per heavy atom. The van der Waals surface area contributed by atoms with Gasteiger partial charge in [0.15, 0.2) is 0 Å². The summed E-state index contributed by atoms with van der Waals surface area (Å²) in [5.41, 5.74) is 0.981. The van der Waals surface area contributed by atoms with Crippen LogP contribution in [-0.4, -0.2) is 45.9 Å². The molecule has 0 aromatic carbocycles. The molecule has 5 nitrogen and oxygen atoms in total. The van der Waals surface area contributed by atoms with Crippen LogP contribution in [-0.2, 0) is 11.3 Å². The monoisotopic (exact) mass is 305 g/mol. The molecule has 3 rings (SSSR count). The zero-order valence-corrected chi connectivity index (χ0v) is 14.0. The Balaban J connectivity index is 1.71. The number of likely N-dealkylation sites (tertiary alicyclic amines) is 2. The Morgan fingerprint density at radius 3 is 2.64 bits per heavy atom. The Kier molecular flexibility index (Phi) is 4.52. The first-order valence-electron chi connectivity index (χ1n) is 8.56. The highest BCUT2D eigenvalue weighted by molar-refractivity contribution is 5.76. The molecule has 0 spiro atoms. The predicted octanol–water partition coefficient (Wildman–Crippen LogP) is 2.66. The molecule has 2 aliphatic heterocycles. The van der Waals surface area contributed by atoms with Crippen LogP contribution in [0, 0.1) is 13.8 Å². The van der Waals surface area contributed by atoms with Crippen LogP contribution in [0.1, 0.15) is 56.4 Å². The second-order valence-corrected chi connectivity index (χ2v) is 6.58. The molecular weight excluding hydrogens is 278 g/mol. The first kappa shape index (κ1) is 15.5. The van der Waals surface area contributed by atoms with Crippen molar-refractivity contribution in [3.8, 4) is 0 Å². The number of nitrogens with zero attached hydrogens (tertiary/aromatic N) is 3. The number of hydrogen-bond donors (Lipinski definition) is 0. The van der Waals surface area contributed by atoms with E-state index >= 15 is 0 Å². The molecule has 2 saturated heterocycles. The molecular formula is C17H27N3O2. The zero-order chi connectivity index (χ0) is 15.7. The molecule has 2 fully saturated rings. The SMILES string of the molecule is CCC(=O)N1CCC[C@H]1[C@@H]1CCCN1Cc1nc(C)c(C)o1. The summed E-state index contributed by atoms with van der Waals surface area (Å²) in [6.45, 7) is 8.69. The molecule has 0 radical (unpaired) electrons. The van der Waals surface area contributed by atoms with Crippen molar-refractivity contribution in [3.63, 3.8) is 0 Å². The largest absolute Gasteiger partial charge is 0.444 e. The van der Waals surface area contributed by atoms with Crippen molar-refractivity contribution >= 4 is 5.91 Å². The maximum absolute atomic E-state index is 12.2. The van der Waals surface area contributed by atoms with Gasteiger partial charge in [-0.1, -0.05) is 6.92 Å². The van der Waals surface area contributed by atoms with Crippen LogP contribution in [0.2, 0.25) is 0 Å². The van der Waals surface area contributed by atoms with Crippen LogP contribution in [0.25, 0.3) is 0 Å². The second-order valence-electron chi connectivity index (χ2n) is 6.58. The minimum absolute atomic E-state index is 0.303. The van der Waals surface area contributed by atoms with Crippen molar-refractivity contribution in [2.24, 2.45) is 0 Å². The van der Waals surface area contributed by atoms with Gasteiger partial charge in [0.05, 0.1) is 12.2 Å². The smallest absolute Gasteiger partial charge is 0.222 e. The lowest BCUT2D eigenvalue weighted by atomic mass is 10.0. The first-order valence-corrected chi connectivity index (χ1v) is 8.56. The highest BCUT2D eigenvalue weighted by atomic mass is 16.4. The fraction of sp³-hybridized carbons (Fsp3) is 0.765. The van der Waals surface area contributed by atoms with Crippen molar-refractivity contribution < 1.29 is 9.21 Å². The summed E-state index contributed by atoms with van der Waals surface area (Å²) >= 11 is 0. The lowest BCUT2D eigenvalue weighted by Crippen LogP contribution is -2.47. The highest BCUT2D eigenvalue weighted by Gasteiger charge is 2.39. The van der Waals surface area contributed by atoms with Gasteiger partial charge in [-0.2, -0.15) is 0 Å². The van der Waals surface area contributed by atoms with Gasteiger partial charge in [-0.25, -0.2) is 4.98 Å². The van der Waals surface area contributed by atoms with E-state index in [4.69, 9.17) is 4.42 Å². The minimum Gasteiger partial charge on any atom is -0.444 e. The molecule has 2 atom stereocenters. The number of carbonyl (C=O) groups is 1. The van der Waals surface area contributed by atoms with E-state index in [1.807, 2.05) is 20.8 Å². The third-order valence-electron chi connectivity index (χ3n) is 5.19. The van der Waals surface area contributed by atoms with Gasteiger partial charge in [0.2, 0.25) is 11.8 Å². The van der Waals surface area contributed by atoms with E-state index in [1.54, 1.807) is 0 Å². The number of amides is 1. The van der Waals surface area contributed by atoms with Crippen LogP contribution in [0.15, 0.2) is 4.42 Å². The fourth-order valence-electron chi connectivity index (χ4n) is 3.97. The van der Waals surface area contributed by atoms with Crippen molar-refractivity contribution in [2.75, 3.05) is 13.1 Å². The van der Waals surface area contributed by atoms with Gasteiger partial charge in [0, 0.05) is 25.0 Å². The molecule has 2 aliphatic rings. The van der Waals surface area contributed by atoms with E-state index in [0.29, 0.717) is 24.4 Å². The molecule has 5 heteroatoms. The molecule has 0 saturated carbocycles. The average molecular weight is 305 g/mol. The standard InChI is InChI=1S/C17H27N3O2/c1-4-17(21)20-10-6-8-15(20)14-7-5-9-19(14)11-16-18-12(2)13(3)22-16/h14-15H,4-11H2,1-3H3/t14-,15-/m0/s1. The number of aromatic nitrogens is 1. The highest BCUT2D eigenvalue weighted by Crippen LogP contribution is 2.31. The van der Waals surface area contributed by atoms with Gasteiger partial charge < -0.3 is 9.32 Å². The Morgan fingerprint density at radius 1 is 1.23 bits per heavy atom. The number of oxazole rings is 1. The minimum atomic E-state index is 0.303. The van der Waals surface area contributed by atoms with Gasteiger partial charge in [-0.15, -0.1) is 0 Å². The molecule has 1 amide bonds. The van der Waals surface area contributed by atoms with E-state index < -0.39 is 0 Å². The lowest BCUT2D eigenvalue weighted by Gasteiger charge is -2.34. The predicted molar refractivity (Wildman–Crippen MR) is 84.4 cm³/mol. The first-order chi connectivity index (χ1) is 10.6. The molecule has 0 bridgehead atoms. The molecule has 22 heavy (non-hydrogen) atoms. The third kappa shape index (κ3) is 2.91. The summed E-state index contributed by atoms with van der Waals surface area (Å²) in [7, 11) is 0. The number of carbonyl (C=O) groups excluding carboxylic acids is 1. The molecule has 0 N–H and O–H groups in total. The average Bonchev–Trinajstić information content (AvgIpc) is 3.19. The maximum atomic E-state index is 12.2. The molecule has 122 valence electrons. The number of hydrogen-bond acceptors (Lipinski definition) is 4. The van der Waals surface area contributed by atoms with E-state index in [-0.39, 0.29) is 0 Å². The summed E-state index contributed by atoms with van der Waals surface area (Å²) in [6, 6.07) is 0.845.